The second kappa shape index (κ2) is 6.20. The molecule has 0 atom stereocenters. The Morgan fingerprint density at radius 3 is 2.45 bits per heavy atom. The predicted octanol–water partition coefficient (Wildman–Crippen LogP) is 4.67. The average Bonchev–Trinajstić information content (AvgIpc) is 2.64. The van der Waals surface area contributed by atoms with E-state index >= 15 is 0 Å². The number of aromatic nitrogens is 1. The lowest BCUT2D eigenvalue weighted by Crippen LogP contribution is -2.14. The molecule has 0 bridgehead atoms. The van der Waals surface area contributed by atoms with E-state index in [1.807, 2.05) is 32.9 Å². The van der Waals surface area contributed by atoms with Gasteiger partial charge in [-0.3, -0.25) is 4.79 Å². The highest BCUT2D eigenvalue weighted by Crippen LogP contribution is 2.25. The first-order valence-electron chi connectivity index (χ1n) is 6.12. The van der Waals surface area contributed by atoms with Gasteiger partial charge in [0.1, 0.15) is 0 Å². The third kappa shape index (κ3) is 3.56. The molecule has 0 aliphatic rings. The molecule has 0 aliphatic heterocycles. The Labute approximate surface area is 135 Å². The fourth-order valence-corrected chi connectivity index (χ4v) is 3.49. The van der Waals surface area contributed by atoms with Crippen molar-refractivity contribution in [1.82, 2.24) is 4.98 Å². The monoisotopic (exact) mass is 370 g/mol. The first-order valence-corrected chi connectivity index (χ1v) is 8.14. The number of hydrogen-bond donors (Lipinski definition) is 2. The molecule has 1 heterocycles. The van der Waals surface area contributed by atoms with Crippen molar-refractivity contribution in [3.05, 3.63) is 42.3 Å². The molecule has 2 N–H and O–H groups in total. The molecule has 2 aromatic rings. The fourth-order valence-electron chi connectivity index (χ4n) is 1.97. The quantitative estimate of drug-likeness (QED) is 0.770. The molecule has 1 amide bonds. The molecular formula is C14H15BrN2OS2. The first-order chi connectivity index (χ1) is 9.36. The number of anilines is 1. The zero-order valence-corrected chi connectivity index (χ0v) is 14.7. The number of halogens is 1. The van der Waals surface area contributed by atoms with Gasteiger partial charge in [-0.1, -0.05) is 15.9 Å². The highest BCUT2D eigenvalue weighted by molar-refractivity contribution is 9.10. The highest BCUT2D eigenvalue weighted by Gasteiger charge is 2.10. The maximum Gasteiger partial charge on any atom is 0.229 e. The molecule has 0 unspecified atom stereocenters. The van der Waals surface area contributed by atoms with E-state index in [0.29, 0.717) is 10.4 Å². The highest BCUT2D eigenvalue weighted by atomic mass is 79.9. The number of H-pyrrole nitrogens is 1. The first kappa shape index (κ1) is 15.4. The molecule has 0 saturated carbocycles. The Balaban J connectivity index is 2.12. The summed E-state index contributed by atoms with van der Waals surface area (Å²) >= 11 is 10.0. The smallest absolute Gasteiger partial charge is 0.229 e. The minimum Gasteiger partial charge on any atom is -0.341 e. The molecule has 0 spiro atoms. The van der Waals surface area contributed by atoms with Crippen molar-refractivity contribution in [3.8, 4) is 0 Å². The topological polar surface area (TPSA) is 44.9 Å². The Morgan fingerprint density at radius 2 is 1.95 bits per heavy atom. The number of carbonyl (C=O) groups excluding carboxylic acids is 1. The molecular weight excluding hydrogens is 356 g/mol. The van der Waals surface area contributed by atoms with Crippen LogP contribution in [0.4, 0.5) is 5.69 Å². The minimum absolute atomic E-state index is 0.0283. The summed E-state index contributed by atoms with van der Waals surface area (Å²) in [6, 6.07) is 3.92. The number of amides is 1. The molecule has 0 fully saturated rings. The molecule has 3 nitrogen and oxygen atoms in total. The van der Waals surface area contributed by atoms with Gasteiger partial charge in [0.2, 0.25) is 5.91 Å². The van der Waals surface area contributed by atoms with Gasteiger partial charge < -0.3 is 10.3 Å². The number of hydrogen-bond acceptors (Lipinski definition) is 3. The van der Waals surface area contributed by atoms with Crippen molar-refractivity contribution >= 4 is 51.1 Å². The normalized spacial score (nSPS) is 10.6. The maximum absolute atomic E-state index is 12.1. The Kier molecular flexibility index (Phi) is 4.78. The van der Waals surface area contributed by atoms with E-state index in [-0.39, 0.29) is 5.91 Å². The van der Waals surface area contributed by atoms with Gasteiger partial charge in [0, 0.05) is 20.7 Å². The van der Waals surface area contributed by atoms with Gasteiger partial charge in [-0.2, -0.15) is 0 Å². The van der Waals surface area contributed by atoms with Crippen molar-refractivity contribution in [2.45, 2.75) is 27.2 Å². The van der Waals surface area contributed by atoms with Crippen molar-refractivity contribution in [1.29, 1.82) is 0 Å². The van der Waals surface area contributed by atoms with Crippen molar-refractivity contribution < 1.29 is 4.79 Å². The second-order valence-corrected chi connectivity index (χ2v) is 7.28. The van der Waals surface area contributed by atoms with Crippen molar-refractivity contribution in [2.24, 2.45) is 0 Å². The molecule has 0 aliphatic carbocycles. The van der Waals surface area contributed by atoms with E-state index in [2.05, 4.69) is 26.2 Å². The summed E-state index contributed by atoms with van der Waals surface area (Å²) < 4.78 is 1.79. The van der Waals surface area contributed by atoms with Gasteiger partial charge in [0.05, 0.1) is 6.42 Å². The van der Waals surface area contributed by atoms with Crippen LogP contribution in [0.25, 0.3) is 0 Å². The van der Waals surface area contributed by atoms with E-state index in [1.54, 1.807) is 0 Å². The van der Waals surface area contributed by atoms with Crippen LogP contribution in [-0.4, -0.2) is 10.9 Å². The number of thiazole rings is 1. The third-order valence-electron chi connectivity index (χ3n) is 2.97. The number of benzene rings is 1. The van der Waals surface area contributed by atoms with Crippen LogP contribution in [0.15, 0.2) is 16.6 Å². The lowest BCUT2D eigenvalue weighted by atomic mass is 10.1. The van der Waals surface area contributed by atoms with Gasteiger partial charge in [-0.25, -0.2) is 0 Å². The average molecular weight is 371 g/mol. The zero-order valence-electron chi connectivity index (χ0n) is 11.5. The van der Waals surface area contributed by atoms with E-state index in [4.69, 9.17) is 12.2 Å². The summed E-state index contributed by atoms with van der Waals surface area (Å²) in [6.45, 7) is 5.95. The van der Waals surface area contributed by atoms with Gasteiger partial charge in [-0.05, 0) is 56.2 Å². The summed E-state index contributed by atoms with van der Waals surface area (Å²) in [7, 11) is 0. The molecule has 0 radical (unpaired) electrons. The fraction of sp³-hybridized carbons (Fsp3) is 0.286. The summed E-state index contributed by atoms with van der Waals surface area (Å²) in [5.74, 6) is -0.0283. The van der Waals surface area contributed by atoms with Gasteiger partial charge >= 0.3 is 0 Å². The second-order valence-electron chi connectivity index (χ2n) is 4.71. The van der Waals surface area contributed by atoms with Crippen molar-refractivity contribution in [2.75, 3.05) is 5.32 Å². The molecule has 2 rings (SSSR count). The molecule has 20 heavy (non-hydrogen) atoms. The van der Waals surface area contributed by atoms with Crippen LogP contribution >= 0.6 is 39.5 Å². The number of carbonyl (C=O) groups is 1. The summed E-state index contributed by atoms with van der Waals surface area (Å²) in [6.07, 6.45) is 0.345. The maximum atomic E-state index is 12.1. The Bertz CT molecular complexity index is 695. The van der Waals surface area contributed by atoms with Crippen LogP contribution in [0.2, 0.25) is 0 Å². The number of nitrogens with one attached hydrogen (secondary N) is 2. The Hall–Kier alpha value is -0.980. The van der Waals surface area contributed by atoms with Crippen LogP contribution in [-0.2, 0) is 11.2 Å². The van der Waals surface area contributed by atoms with E-state index in [9.17, 15) is 4.79 Å². The largest absolute Gasteiger partial charge is 0.341 e. The van der Waals surface area contributed by atoms with Crippen LogP contribution in [0, 0.1) is 24.7 Å². The molecule has 106 valence electrons. The van der Waals surface area contributed by atoms with E-state index < -0.39 is 0 Å². The van der Waals surface area contributed by atoms with Crippen LogP contribution in [0.1, 0.15) is 21.7 Å². The standard InChI is InChI=1S/C14H15BrN2OS2/c1-7-4-10(5-8(2)13(7)15)17-12(18)6-11-9(3)16-14(19)20-11/h4-5H,6H2,1-3H3,(H,16,19)(H,17,18). The van der Waals surface area contributed by atoms with E-state index in [0.717, 1.165) is 31.9 Å². The van der Waals surface area contributed by atoms with Crippen molar-refractivity contribution in [3.63, 3.8) is 0 Å². The van der Waals surface area contributed by atoms with Gasteiger partial charge in [-0.15, -0.1) is 11.3 Å². The molecule has 0 saturated heterocycles. The molecule has 6 heteroatoms. The third-order valence-corrected chi connectivity index (χ3v) is 5.55. The number of rotatable bonds is 3. The minimum atomic E-state index is -0.0283. The number of aryl methyl sites for hydroxylation is 3. The Morgan fingerprint density at radius 1 is 1.35 bits per heavy atom. The molecule has 1 aromatic heterocycles. The zero-order chi connectivity index (χ0) is 14.9. The molecule has 1 aromatic carbocycles. The van der Waals surface area contributed by atoms with Gasteiger partial charge in [0.25, 0.3) is 0 Å². The summed E-state index contributed by atoms with van der Waals surface area (Å²) in [5.41, 5.74) is 4.01. The predicted molar refractivity (Wildman–Crippen MR) is 90.2 cm³/mol. The van der Waals surface area contributed by atoms with Crippen LogP contribution < -0.4 is 5.32 Å². The SMILES string of the molecule is Cc1cc(NC(=O)Cc2sc(=S)[nH]c2C)cc(C)c1Br. The van der Waals surface area contributed by atoms with Crippen LogP contribution in [0.5, 0.6) is 0 Å². The van der Waals surface area contributed by atoms with Gasteiger partial charge in [0.15, 0.2) is 3.95 Å². The summed E-state index contributed by atoms with van der Waals surface area (Å²) in [4.78, 5) is 16.1. The van der Waals surface area contributed by atoms with Crippen LogP contribution in [0.3, 0.4) is 0 Å². The lowest BCUT2D eigenvalue weighted by Gasteiger charge is -2.09. The number of aromatic amines is 1. The lowest BCUT2D eigenvalue weighted by molar-refractivity contribution is -0.115. The van der Waals surface area contributed by atoms with E-state index in [1.165, 1.54) is 11.3 Å². The summed E-state index contributed by atoms with van der Waals surface area (Å²) in [5, 5.41) is 2.93.